The second kappa shape index (κ2) is 15.3. The third-order valence-electron chi connectivity index (χ3n) is 5.32. The van der Waals surface area contributed by atoms with Crippen molar-refractivity contribution in [1.82, 2.24) is 16.0 Å². The van der Waals surface area contributed by atoms with E-state index in [1.54, 1.807) is 12.1 Å². The van der Waals surface area contributed by atoms with Gasteiger partial charge in [0.25, 0.3) is 0 Å². The van der Waals surface area contributed by atoms with Gasteiger partial charge >= 0.3 is 5.97 Å². The van der Waals surface area contributed by atoms with E-state index in [0.717, 1.165) is 0 Å². The molecule has 11 N–H and O–H groups in total. The Hall–Kier alpha value is -3.87. The van der Waals surface area contributed by atoms with Crippen LogP contribution in [0.1, 0.15) is 45.6 Å². The van der Waals surface area contributed by atoms with Gasteiger partial charge in [-0.15, -0.1) is 0 Å². The van der Waals surface area contributed by atoms with Gasteiger partial charge < -0.3 is 43.4 Å². The number of carbonyl (C=O) groups excluding carboxylic acids is 3. The zero-order valence-corrected chi connectivity index (χ0v) is 21.4. The number of phenolic OH excluding ortho intramolecular Hbond substituents is 1. The summed E-state index contributed by atoms with van der Waals surface area (Å²) in [5.74, 6) is -3.19. The molecular formula is C24H39N7O6. The highest BCUT2D eigenvalue weighted by Gasteiger charge is 2.30. The molecule has 0 spiro atoms. The SMILES string of the molecule is CC(C)CC(NC(=O)C(Cc1ccc(O)cc1)NC(=O)C(C)N)C(=O)NC(CCCN=C(N)N)C(=O)O. The normalized spacial score (nSPS) is 14.1. The predicted octanol–water partition coefficient (Wildman–Crippen LogP) is -1.08. The van der Waals surface area contributed by atoms with Crippen LogP contribution < -0.4 is 33.2 Å². The molecule has 13 heteroatoms. The second-order valence-electron chi connectivity index (χ2n) is 9.26. The van der Waals surface area contributed by atoms with E-state index in [4.69, 9.17) is 17.2 Å². The molecule has 1 aromatic rings. The Morgan fingerprint density at radius 2 is 1.43 bits per heavy atom. The van der Waals surface area contributed by atoms with Gasteiger partial charge in [-0.1, -0.05) is 26.0 Å². The highest BCUT2D eigenvalue weighted by Crippen LogP contribution is 2.13. The number of carbonyl (C=O) groups is 4. The van der Waals surface area contributed by atoms with Crippen LogP contribution in [0.2, 0.25) is 0 Å². The third-order valence-corrected chi connectivity index (χ3v) is 5.32. The number of guanidine groups is 1. The summed E-state index contributed by atoms with van der Waals surface area (Å²) in [5, 5.41) is 26.8. The van der Waals surface area contributed by atoms with E-state index in [2.05, 4.69) is 20.9 Å². The summed E-state index contributed by atoms with van der Waals surface area (Å²) in [7, 11) is 0. The van der Waals surface area contributed by atoms with Crippen molar-refractivity contribution in [2.75, 3.05) is 6.54 Å². The summed E-state index contributed by atoms with van der Waals surface area (Å²) in [6, 6.07) is 1.90. The number of benzene rings is 1. The Bertz CT molecular complexity index is 945. The number of nitrogens with zero attached hydrogens (tertiary/aromatic N) is 1. The smallest absolute Gasteiger partial charge is 0.326 e. The van der Waals surface area contributed by atoms with E-state index in [1.807, 2.05) is 13.8 Å². The van der Waals surface area contributed by atoms with Gasteiger partial charge in [0.1, 0.15) is 23.9 Å². The summed E-state index contributed by atoms with van der Waals surface area (Å²) < 4.78 is 0. The quantitative estimate of drug-likeness (QED) is 0.0794. The first-order chi connectivity index (χ1) is 17.3. The highest BCUT2D eigenvalue weighted by molar-refractivity contribution is 5.94. The molecule has 13 nitrogen and oxygen atoms in total. The maximum atomic E-state index is 13.2. The fourth-order valence-corrected chi connectivity index (χ4v) is 3.39. The number of amides is 3. The first-order valence-electron chi connectivity index (χ1n) is 12.0. The van der Waals surface area contributed by atoms with Crippen molar-refractivity contribution < 1.29 is 29.4 Å². The Morgan fingerprint density at radius 1 is 0.892 bits per heavy atom. The minimum atomic E-state index is -1.23. The minimum absolute atomic E-state index is 0.0181. The number of carboxylic acids is 1. The van der Waals surface area contributed by atoms with Crippen LogP contribution in [0.25, 0.3) is 0 Å². The average molecular weight is 522 g/mol. The Labute approximate surface area is 216 Å². The number of phenols is 1. The summed E-state index contributed by atoms with van der Waals surface area (Å²) in [4.78, 5) is 54.0. The molecule has 3 amide bonds. The van der Waals surface area contributed by atoms with E-state index in [0.29, 0.717) is 12.0 Å². The lowest BCUT2D eigenvalue weighted by Gasteiger charge is -2.26. The number of aromatic hydroxyl groups is 1. The number of hydrogen-bond acceptors (Lipinski definition) is 7. The van der Waals surface area contributed by atoms with Gasteiger partial charge in [-0.05, 0) is 49.8 Å². The average Bonchev–Trinajstić information content (AvgIpc) is 2.80. The van der Waals surface area contributed by atoms with Crippen LogP contribution in [0.5, 0.6) is 5.75 Å². The molecule has 206 valence electrons. The molecule has 4 atom stereocenters. The van der Waals surface area contributed by atoms with Crippen LogP contribution in [-0.4, -0.2) is 70.6 Å². The molecule has 0 saturated carbocycles. The fraction of sp³-hybridized carbons (Fsp3) is 0.542. The van der Waals surface area contributed by atoms with E-state index in [-0.39, 0.29) is 43.4 Å². The molecule has 0 fully saturated rings. The zero-order valence-electron chi connectivity index (χ0n) is 21.4. The van der Waals surface area contributed by atoms with Gasteiger partial charge in [-0.3, -0.25) is 19.4 Å². The molecular weight excluding hydrogens is 482 g/mol. The monoisotopic (exact) mass is 521 g/mol. The van der Waals surface area contributed by atoms with Crippen molar-refractivity contribution >= 4 is 29.7 Å². The van der Waals surface area contributed by atoms with Crippen LogP contribution >= 0.6 is 0 Å². The molecule has 0 aliphatic heterocycles. The van der Waals surface area contributed by atoms with Crippen molar-refractivity contribution in [2.45, 2.75) is 70.6 Å². The summed E-state index contributed by atoms with van der Waals surface area (Å²) >= 11 is 0. The molecule has 1 aromatic carbocycles. The summed E-state index contributed by atoms with van der Waals surface area (Å²) in [5.41, 5.74) is 16.8. The zero-order chi connectivity index (χ0) is 28.1. The number of aliphatic imine (C=N–C) groups is 1. The Kier molecular flexibility index (Phi) is 12.9. The predicted molar refractivity (Wildman–Crippen MR) is 138 cm³/mol. The van der Waals surface area contributed by atoms with Crippen LogP contribution in [0.4, 0.5) is 0 Å². The molecule has 4 unspecified atom stereocenters. The topological polar surface area (TPSA) is 235 Å². The largest absolute Gasteiger partial charge is 0.508 e. The van der Waals surface area contributed by atoms with E-state index in [9.17, 15) is 29.4 Å². The van der Waals surface area contributed by atoms with Crippen molar-refractivity contribution in [3.8, 4) is 5.75 Å². The Balaban J connectivity index is 3.03. The van der Waals surface area contributed by atoms with Crippen molar-refractivity contribution in [1.29, 1.82) is 0 Å². The van der Waals surface area contributed by atoms with Crippen LogP contribution in [-0.2, 0) is 25.6 Å². The van der Waals surface area contributed by atoms with Gasteiger partial charge in [-0.2, -0.15) is 0 Å². The number of nitrogens with two attached hydrogens (primary N) is 3. The number of rotatable bonds is 15. The molecule has 0 bridgehead atoms. The van der Waals surface area contributed by atoms with Crippen LogP contribution in [0.15, 0.2) is 29.3 Å². The van der Waals surface area contributed by atoms with Crippen LogP contribution in [0, 0.1) is 5.92 Å². The fourth-order valence-electron chi connectivity index (χ4n) is 3.39. The van der Waals surface area contributed by atoms with Gasteiger partial charge in [0.2, 0.25) is 17.7 Å². The number of nitrogens with one attached hydrogen (secondary N) is 3. The molecule has 0 aliphatic carbocycles. The maximum absolute atomic E-state index is 13.2. The van der Waals surface area contributed by atoms with E-state index < -0.39 is 47.9 Å². The standard InChI is InChI=1S/C24H39N7O6/c1-13(2)11-18(21(34)29-17(23(36)37)5-4-10-28-24(26)27)31-22(35)19(30-20(33)14(3)25)12-15-6-8-16(32)9-7-15/h6-9,13-14,17-19,32H,4-5,10-12,25H2,1-3H3,(H,29,34)(H,30,33)(H,31,35)(H,36,37)(H4,26,27,28). The first-order valence-corrected chi connectivity index (χ1v) is 12.0. The number of aliphatic carboxylic acids is 1. The third kappa shape index (κ3) is 12.1. The molecule has 0 radical (unpaired) electrons. The lowest BCUT2D eigenvalue weighted by atomic mass is 10.00. The highest BCUT2D eigenvalue weighted by atomic mass is 16.4. The van der Waals surface area contributed by atoms with Gasteiger partial charge in [0.05, 0.1) is 6.04 Å². The van der Waals surface area contributed by atoms with Crippen molar-refractivity contribution in [2.24, 2.45) is 28.1 Å². The molecule has 37 heavy (non-hydrogen) atoms. The molecule has 0 aromatic heterocycles. The van der Waals surface area contributed by atoms with Gasteiger partial charge in [0.15, 0.2) is 5.96 Å². The van der Waals surface area contributed by atoms with E-state index in [1.165, 1.54) is 19.1 Å². The summed E-state index contributed by atoms with van der Waals surface area (Å²) in [6.07, 6.45) is 0.691. The summed E-state index contributed by atoms with van der Waals surface area (Å²) in [6.45, 7) is 5.37. The van der Waals surface area contributed by atoms with Crippen LogP contribution in [0.3, 0.4) is 0 Å². The lowest BCUT2D eigenvalue weighted by molar-refractivity contribution is -0.142. The Morgan fingerprint density at radius 3 is 1.95 bits per heavy atom. The lowest BCUT2D eigenvalue weighted by Crippen LogP contribution is -2.57. The molecule has 0 aliphatic rings. The molecule has 0 saturated heterocycles. The van der Waals surface area contributed by atoms with Crippen molar-refractivity contribution in [3.05, 3.63) is 29.8 Å². The molecule has 1 rings (SSSR count). The first kappa shape index (κ1) is 31.2. The van der Waals surface area contributed by atoms with Crippen molar-refractivity contribution in [3.63, 3.8) is 0 Å². The number of carboxylic acid groups (broad SMARTS) is 1. The van der Waals surface area contributed by atoms with Gasteiger partial charge in [0, 0.05) is 13.0 Å². The maximum Gasteiger partial charge on any atom is 0.326 e. The number of hydrogen-bond donors (Lipinski definition) is 8. The minimum Gasteiger partial charge on any atom is -0.508 e. The second-order valence-corrected chi connectivity index (χ2v) is 9.26. The van der Waals surface area contributed by atoms with Gasteiger partial charge in [-0.25, -0.2) is 4.79 Å². The van der Waals surface area contributed by atoms with E-state index >= 15 is 0 Å². The molecule has 0 heterocycles.